The molecule has 1 aliphatic heterocycles. The molecular formula is C23H25N5O3S. The molecule has 0 saturated heterocycles. The van der Waals surface area contributed by atoms with E-state index in [1.165, 1.54) is 17.3 Å². The van der Waals surface area contributed by atoms with Gasteiger partial charge >= 0.3 is 0 Å². The summed E-state index contributed by atoms with van der Waals surface area (Å²) in [5.41, 5.74) is 2.79. The number of rotatable bonds is 8. The third-order valence-electron chi connectivity index (χ3n) is 5.42. The molecule has 9 heteroatoms. The molecule has 0 spiro atoms. The molecule has 4 rings (SSSR count). The fourth-order valence-corrected chi connectivity index (χ4v) is 4.43. The Bertz CT molecular complexity index is 1110. The van der Waals surface area contributed by atoms with Gasteiger partial charge in [-0.2, -0.15) is 0 Å². The number of benzene rings is 2. The minimum Gasteiger partial charge on any atom is -0.497 e. The summed E-state index contributed by atoms with van der Waals surface area (Å²) < 4.78 is 6.98. The number of thioether (sulfide) groups is 1. The quantitative estimate of drug-likeness (QED) is 0.530. The van der Waals surface area contributed by atoms with Crippen molar-refractivity contribution in [1.82, 2.24) is 20.1 Å². The average Bonchev–Trinajstić information content (AvgIpc) is 3.41. The Morgan fingerprint density at radius 2 is 1.91 bits per heavy atom. The summed E-state index contributed by atoms with van der Waals surface area (Å²) in [4.78, 5) is 26.8. The van der Waals surface area contributed by atoms with E-state index in [1.807, 2.05) is 34.7 Å². The predicted molar refractivity (Wildman–Crippen MR) is 123 cm³/mol. The number of nitrogens with zero attached hydrogens (tertiary/aromatic N) is 4. The van der Waals surface area contributed by atoms with Gasteiger partial charge < -0.3 is 19.5 Å². The lowest BCUT2D eigenvalue weighted by Crippen LogP contribution is -2.30. The van der Waals surface area contributed by atoms with Crippen LogP contribution < -0.4 is 15.0 Å². The van der Waals surface area contributed by atoms with Crippen molar-refractivity contribution in [2.45, 2.75) is 18.0 Å². The third-order valence-corrected chi connectivity index (χ3v) is 6.43. The van der Waals surface area contributed by atoms with Gasteiger partial charge in [0.2, 0.25) is 5.91 Å². The van der Waals surface area contributed by atoms with Gasteiger partial charge in [-0.1, -0.05) is 30.0 Å². The van der Waals surface area contributed by atoms with Crippen LogP contribution in [0.2, 0.25) is 0 Å². The van der Waals surface area contributed by atoms with E-state index in [0.29, 0.717) is 35.2 Å². The van der Waals surface area contributed by atoms with Gasteiger partial charge in [0.1, 0.15) is 11.6 Å². The molecule has 2 aromatic carbocycles. The molecule has 0 atom stereocenters. The number of methoxy groups -OCH3 is 1. The van der Waals surface area contributed by atoms with E-state index in [1.54, 1.807) is 31.4 Å². The fourth-order valence-electron chi connectivity index (χ4n) is 3.62. The molecule has 2 heterocycles. The monoisotopic (exact) mass is 451 g/mol. The first-order valence-corrected chi connectivity index (χ1v) is 11.4. The summed E-state index contributed by atoms with van der Waals surface area (Å²) in [7, 11) is 3.46. The zero-order valence-corrected chi connectivity index (χ0v) is 18.9. The van der Waals surface area contributed by atoms with Gasteiger partial charge in [0, 0.05) is 37.8 Å². The molecule has 8 nitrogen and oxygen atoms in total. The van der Waals surface area contributed by atoms with E-state index >= 15 is 0 Å². The Balaban J connectivity index is 1.27. The first-order valence-electron chi connectivity index (χ1n) is 10.4. The van der Waals surface area contributed by atoms with Crippen LogP contribution in [0.15, 0.2) is 53.7 Å². The van der Waals surface area contributed by atoms with Crippen molar-refractivity contribution in [3.63, 3.8) is 0 Å². The van der Waals surface area contributed by atoms with Crippen LogP contribution in [0.25, 0.3) is 0 Å². The summed E-state index contributed by atoms with van der Waals surface area (Å²) in [6.07, 6.45) is 1.43. The Morgan fingerprint density at radius 3 is 2.69 bits per heavy atom. The first-order chi connectivity index (χ1) is 15.6. The molecule has 166 valence electrons. The first kappa shape index (κ1) is 21.9. The molecule has 0 radical (unpaired) electrons. The highest BCUT2D eigenvalue weighted by Gasteiger charge is 2.24. The Morgan fingerprint density at radius 1 is 1.12 bits per heavy atom. The Hall–Kier alpha value is -3.33. The van der Waals surface area contributed by atoms with Crippen LogP contribution in [0.1, 0.15) is 21.7 Å². The van der Waals surface area contributed by atoms with E-state index in [2.05, 4.69) is 21.6 Å². The second-order valence-corrected chi connectivity index (χ2v) is 8.35. The number of carbonyl (C=O) groups is 2. The van der Waals surface area contributed by atoms with Crippen molar-refractivity contribution in [3.8, 4) is 5.75 Å². The number of carbonyl (C=O) groups excluding carboxylic acids is 2. The van der Waals surface area contributed by atoms with Crippen LogP contribution in [0.5, 0.6) is 5.75 Å². The van der Waals surface area contributed by atoms with Crippen LogP contribution in [-0.2, 0) is 24.7 Å². The molecular weight excluding hydrogens is 426 g/mol. The lowest BCUT2D eigenvalue weighted by Gasteiger charge is -2.16. The van der Waals surface area contributed by atoms with E-state index in [0.717, 1.165) is 24.5 Å². The summed E-state index contributed by atoms with van der Waals surface area (Å²) in [6.45, 7) is 1.15. The van der Waals surface area contributed by atoms with Crippen LogP contribution in [0, 0.1) is 0 Å². The van der Waals surface area contributed by atoms with Crippen molar-refractivity contribution >= 4 is 29.3 Å². The molecule has 0 aliphatic carbocycles. The van der Waals surface area contributed by atoms with Gasteiger partial charge in [-0.3, -0.25) is 9.59 Å². The number of hydrogen-bond donors (Lipinski definition) is 1. The van der Waals surface area contributed by atoms with Gasteiger partial charge in [0.05, 0.1) is 12.9 Å². The molecule has 0 fully saturated rings. The number of hydrogen-bond acceptors (Lipinski definition) is 6. The summed E-state index contributed by atoms with van der Waals surface area (Å²) in [6, 6.07) is 15.0. The molecule has 0 saturated carbocycles. The smallest absolute Gasteiger partial charge is 0.251 e. The number of ether oxygens (including phenoxy) is 1. The minimum absolute atomic E-state index is 0.0660. The maximum Gasteiger partial charge on any atom is 0.251 e. The Labute approximate surface area is 191 Å². The van der Waals surface area contributed by atoms with Gasteiger partial charge in [-0.25, -0.2) is 0 Å². The minimum atomic E-state index is -0.152. The second kappa shape index (κ2) is 9.86. The molecule has 1 N–H and O–H groups in total. The van der Waals surface area contributed by atoms with Gasteiger partial charge in [-0.15, -0.1) is 10.2 Å². The molecule has 0 bridgehead atoms. The van der Waals surface area contributed by atoms with Crippen molar-refractivity contribution in [2.75, 3.05) is 30.9 Å². The normalized spacial score (nSPS) is 12.5. The van der Waals surface area contributed by atoms with Crippen LogP contribution >= 0.6 is 11.8 Å². The molecule has 1 aliphatic rings. The van der Waals surface area contributed by atoms with Crippen molar-refractivity contribution in [1.29, 1.82) is 0 Å². The standard InChI is InChI=1S/C23H25N5O3S/c1-27-20(11-13-24-22(30)17-7-9-18(31-2)10-8-17)25-26-23(27)32-15-21(29)28-14-12-16-5-3-4-6-19(16)28/h3-10H,11-15H2,1-2H3,(H,24,30). The maximum absolute atomic E-state index is 12.7. The lowest BCUT2D eigenvalue weighted by molar-refractivity contribution is -0.116. The topological polar surface area (TPSA) is 89.3 Å². The van der Waals surface area contributed by atoms with E-state index in [-0.39, 0.29) is 11.8 Å². The highest BCUT2D eigenvalue weighted by molar-refractivity contribution is 7.99. The van der Waals surface area contributed by atoms with Crippen LogP contribution in [0.3, 0.4) is 0 Å². The molecule has 1 aromatic heterocycles. The van der Waals surface area contributed by atoms with Gasteiger partial charge in [-0.05, 0) is 42.3 Å². The number of nitrogens with one attached hydrogen (secondary N) is 1. The number of para-hydroxylation sites is 1. The summed E-state index contributed by atoms with van der Waals surface area (Å²) in [5.74, 6) is 1.67. The second-order valence-electron chi connectivity index (χ2n) is 7.40. The van der Waals surface area contributed by atoms with Crippen molar-refractivity contribution < 1.29 is 14.3 Å². The summed E-state index contributed by atoms with van der Waals surface area (Å²) in [5, 5.41) is 12.0. The van der Waals surface area contributed by atoms with Gasteiger partial charge in [0.15, 0.2) is 5.16 Å². The number of fused-ring (bicyclic) bond motifs is 1. The highest BCUT2D eigenvalue weighted by Crippen LogP contribution is 2.28. The van der Waals surface area contributed by atoms with Crippen LogP contribution in [-0.4, -0.2) is 52.5 Å². The number of amides is 2. The molecule has 3 aromatic rings. The maximum atomic E-state index is 12.7. The fraction of sp³-hybridized carbons (Fsp3) is 0.304. The highest BCUT2D eigenvalue weighted by atomic mass is 32.2. The van der Waals surface area contributed by atoms with E-state index < -0.39 is 0 Å². The zero-order chi connectivity index (χ0) is 22.5. The SMILES string of the molecule is COc1ccc(C(=O)NCCc2nnc(SCC(=O)N3CCc4ccccc43)n2C)cc1. The molecule has 32 heavy (non-hydrogen) atoms. The average molecular weight is 452 g/mol. The molecule has 2 amide bonds. The number of aromatic nitrogens is 3. The lowest BCUT2D eigenvalue weighted by atomic mass is 10.2. The summed E-state index contributed by atoms with van der Waals surface area (Å²) >= 11 is 1.38. The van der Waals surface area contributed by atoms with E-state index in [9.17, 15) is 9.59 Å². The predicted octanol–water partition coefficient (Wildman–Crippen LogP) is 2.48. The van der Waals surface area contributed by atoms with Gasteiger partial charge in [0.25, 0.3) is 5.91 Å². The van der Waals surface area contributed by atoms with Crippen LogP contribution in [0.4, 0.5) is 5.69 Å². The largest absolute Gasteiger partial charge is 0.497 e. The van der Waals surface area contributed by atoms with Crippen molar-refractivity contribution in [2.24, 2.45) is 7.05 Å². The zero-order valence-electron chi connectivity index (χ0n) is 18.1. The number of anilines is 1. The third kappa shape index (κ3) is 4.77. The van der Waals surface area contributed by atoms with Crippen molar-refractivity contribution in [3.05, 3.63) is 65.5 Å². The Kier molecular flexibility index (Phi) is 6.75. The van der Waals surface area contributed by atoms with E-state index in [4.69, 9.17) is 4.74 Å². The molecule has 0 unspecified atom stereocenters.